The molecule has 0 N–H and O–H groups in total. The third-order valence-corrected chi connectivity index (χ3v) is 1.24. The summed E-state index contributed by atoms with van der Waals surface area (Å²) in [6, 6.07) is 0. The Bertz CT molecular complexity index is 138. The molecule has 1 aliphatic carbocycles. The maximum absolute atomic E-state index is 3.16. The zero-order valence-corrected chi connectivity index (χ0v) is 5.51. The van der Waals surface area contributed by atoms with E-state index in [4.69, 9.17) is 0 Å². The summed E-state index contributed by atoms with van der Waals surface area (Å²) in [5.41, 5.74) is 0. The Morgan fingerprint density at radius 2 is 2.11 bits per heavy atom. The first-order valence-corrected chi connectivity index (χ1v) is 3.37. The largest absolute Gasteiger partial charge is 0.0879 e. The topological polar surface area (TPSA) is 0 Å². The zero-order chi connectivity index (χ0) is 6.36. The van der Waals surface area contributed by atoms with Crippen molar-refractivity contribution < 1.29 is 0 Å². The lowest BCUT2D eigenvalue weighted by Gasteiger charge is -1.80. The number of allylic oxidation sites excluding steroid dienone is 6. The highest BCUT2D eigenvalue weighted by atomic mass is 13.8. The van der Waals surface area contributed by atoms with Crippen molar-refractivity contribution in [2.45, 2.75) is 19.3 Å². The molecule has 1 aliphatic rings. The molecule has 0 saturated carbocycles. The highest BCUT2D eigenvalue weighted by Gasteiger charge is 1.78. The maximum atomic E-state index is 3.16. The molecule has 0 aromatic carbocycles. The van der Waals surface area contributed by atoms with Gasteiger partial charge in [0.25, 0.3) is 0 Å². The SMILES string of the molecule is [C]1=C/C=C\C/C=C/CC/1. The average Bonchev–Trinajstić information content (AvgIpc) is 2.00. The van der Waals surface area contributed by atoms with E-state index in [1.807, 2.05) is 6.08 Å². The molecule has 0 bridgehead atoms. The summed E-state index contributed by atoms with van der Waals surface area (Å²) >= 11 is 0. The van der Waals surface area contributed by atoms with Crippen molar-refractivity contribution in [2.75, 3.05) is 0 Å². The van der Waals surface area contributed by atoms with Gasteiger partial charge in [-0.15, -0.1) is 0 Å². The summed E-state index contributed by atoms with van der Waals surface area (Å²) in [5, 5.41) is 0. The van der Waals surface area contributed by atoms with E-state index in [2.05, 4.69) is 30.4 Å². The molecule has 0 heteroatoms. The van der Waals surface area contributed by atoms with Gasteiger partial charge >= 0.3 is 0 Å². The first-order chi connectivity index (χ1) is 4.50. The lowest BCUT2D eigenvalue weighted by molar-refractivity contribution is 1.02. The Kier molecular flexibility index (Phi) is 2.91. The average molecular weight is 119 g/mol. The quantitative estimate of drug-likeness (QED) is 0.430. The molecule has 0 nitrogen and oxygen atoms in total. The third-order valence-electron chi connectivity index (χ3n) is 1.24. The fourth-order valence-electron chi connectivity index (χ4n) is 0.757. The molecule has 0 aliphatic heterocycles. The fourth-order valence-corrected chi connectivity index (χ4v) is 0.757. The molecule has 0 spiro atoms. The van der Waals surface area contributed by atoms with Gasteiger partial charge in [0.1, 0.15) is 0 Å². The predicted octanol–water partition coefficient (Wildman–Crippen LogP) is 2.64. The molecule has 0 aromatic heterocycles. The van der Waals surface area contributed by atoms with Gasteiger partial charge in [-0.3, -0.25) is 0 Å². The second-order valence-electron chi connectivity index (χ2n) is 2.04. The van der Waals surface area contributed by atoms with E-state index in [0.717, 1.165) is 19.3 Å². The van der Waals surface area contributed by atoms with E-state index in [9.17, 15) is 0 Å². The van der Waals surface area contributed by atoms with Crippen molar-refractivity contribution in [1.29, 1.82) is 0 Å². The lowest BCUT2D eigenvalue weighted by atomic mass is 10.3. The van der Waals surface area contributed by atoms with Crippen LogP contribution < -0.4 is 0 Å². The number of rotatable bonds is 0. The lowest BCUT2D eigenvalue weighted by Crippen LogP contribution is -1.62. The Morgan fingerprint density at radius 3 is 3.11 bits per heavy atom. The van der Waals surface area contributed by atoms with Gasteiger partial charge in [0.2, 0.25) is 0 Å². The van der Waals surface area contributed by atoms with E-state index in [-0.39, 0.29) is 0 Å². The monoisotopic (exact) mass is 119 g/mol. The van der Waals surface area contributed by atoms with Crippen molar-refractivity contribution in [3.05, 3.63) is 36.5 Å². The molecule has 0 unspecified atom stereocenters. The second kappa shape index (κ2) is 4.13. The third kappa shape index (κ3) is 2.91. The van der Waals surface area contributed by atoms with Crippen molar-refractivity contribution in [2.24, 2.45) is 0 Å². The molecular weight excluding hydrogens is 108 g/mol. The minimum absolute atomic E-state index is 1.06. The summed E-state index contributed by atoms with van der Waals surface area (Å²) in [5.74, 6) is 0. The van der Waals surface area contributed by atoms with Gasteiger partial charge in [-0.05, 0) is 25.3 Å². The second-order valence-corrected chi connectivity index (χ2v) is 2.04. The summed E-state index contributed by atoms with van der Waals surface area (Å²) in [6.45, 7) is 0. The molecule has 9 heavy (non-hydrogen) atoms. The van der Waals surface area contributed by atoms with E-state index in [0.29, 0.717) is 0 Å². The maximum Gasteiger partial charge on any atom is -0.0166 e. The van der Waals surface area contributed by atoms with E-state index < -0.39 is 0 Å². The van der Waals surface area contributed by atoms with Crippen LogP contribution in [0.4, 0.5) is 0 Å². The van der Waals surface area contributed by atoms with E-state index >= 15 is 0 Å². The standard InChI is InChI=1S/C9H11/c1-2-4-6-8-9-7-5-3-1/h1-3,6,8H,4,7,9H2/b2-1-,5-3?,8-6+. The molecular formula is C9H11. The number of hydrogen-bond donors (Lipinski definition) is 0. The van der Waals surface area contributed by atoms with Crippen LogP contribution in [0, 0.1) is 6.08 Å². The number of hydrogen-bond acceptors (Lipinski definition) is 0. The van der Waals surface area contributed by atoms with Crippen LogP contribution in [-0.2, 0) is 0 Å². The summed E-state index contributed by atoms with van der Waals surface area (Å²) in [6.07, 6.45) is 17.0. The van der Waals surface area contributed by atoms with Crippen LogP contribution in [0.1, 0.15) is 19.3 Å². The summed E-state index contributed by atoms with van der Waals surface area (Å²) in [7, 11) is 0. The molecule has 0 atom stereocenters. The van der Waals surface area contributed by atoms with Crippen LogP contribution in [0.5, 0.6) is 0 Å². The van der Waals surface area contributed by atoms with Crippen LogP contribution in [0.15, 0.2) is 30.4 Å². The molecule has 0 amide bonds. The molecule has 0 heterocycles. The van der Waals surface area contributed by atoms with Gasteiger partial charge in [0, 0.05) is 0 Å². The molecule has 0 aromatic rings. The van der Waals surface area contributed by atoms with Crippen LogP contribution in [0.25, 0.3) is 0 Å². The predicted molar refractivity (Wildman–Crippen MR) is 39.9 cm³/mol. The molecule has 1 rings (SSSR count). The first-order valence-electron chi connectivity index (χ1n) is 3.37. The van der Waals surface area contributed by atoms with Crippen molar-refractivity contribution >= 4 is 0 Å². The van der Waals surface area contributed by atoms with E-state index in [1.54, 1.807) is 0 Å². The molecule has 47 valence electrons. The van der Waals surface area contributed by atoms with Crippen LogP contribution in [-0.4, -0.2) is 0 Å². The van der Waals surface area contributed by atoms with Crippen molar-refractivity contribution in [3.63, 3.8) is 0 Å². The minimum Gasteiger partial charge on any atom is -0.0879 e. The van der Waals surface area contributed by atoms with Gasteiger partial charge in [0.05, 0.1) is 0 Å². The Morgan fingerprint density at radius 1 is 1.11 bits per heavy atom. The van der Waals surface area contributed by atoms with Crippen molar-refractivity contribution in [3.8, 4) is 0 Å². The fraction of sp³-hybridized carbons (Fsp3) is 0.333. The highest BCUT2D eigenvalue weighted by molar-refractivity contribution is 5.04. The Hall–Kier alpha value is -0.780. The Labute approximate surface area is 56.6 Å². The van der Waals surface area contributed by atoms with Gasteiger partial charge in [0.15, 0.2) is 0 Å². The highest BCUT2D eigenvalue weighted by Crippen LogP contribution is 1.97. The van der Waals surface area contributed by atoms with Gasteiger partial charge < -0.3 is 0 Å². The molecule has 0 fully saturated rings. The van der Waals surface area contributed by atoms with Crippen LogP contribution in [0.3, 0.4) is 0 Å². The first kappa shape index (κ1) is 6.34. The van der Waals surface area contributed by atoms with Crippen molar-refractivity contribution in [1.82, 2.24) is 0 Å². The van der Waals surface area contributed by atoms with Crippen LogP contribution >= 0.6 is 0 Å². The zero-order valence-electron chi connectivity index (χ0n) is 5.51. The van der Waals surface area contributed by atoms with Gasteiger partial charge in [-0.25, -0.2) is 0 Å². The normalized spacial score (nSPS) is 29.3. The molecule has 1 radical (unpaired) electrons. The smallest absolute Gasteiger partial charge is 0.0166 e. The minimum atomic E-state index is 1.06. The summed E-state index contributed by atoms with van der Waals surface area (Å²) < 4.78 is 0. The van der Waals surface area contributed by atoms with Crippen LogP contribution in [0.2, 0.25) is 0 Å². The Balaban J connectivity index is 2.43. The van der Waals surface area contributed by atoms with Gasteiger partial charge in [-0.1, -0.05) is 30.4 Å². The van der Waals surface area contributed by atoms with Gasteiger partial charge in [-0.2, -0.15) is 0 Å². The van der Waals surface area contributed by atoms with E-state index in [1.165, 1.54) is 0 Å². The molecule has 0 saturated heterocycles. The summed E-state index contributed by atoms with van der Waals surface area (Å²) in [4.78, 5) is 0.